The Hall–Kier alpha value is -0.900. The number of hydrogen-bond acceptors (Lipinski definition) is 3. The standard InChI is InChI=1S/C7H12N2O2/c1-4(8-2)5-3-6(10)9-7(5)11/h4-5,8H,3H2,1-2H3,(H,9,10,11). The Bertz CT molecular complexity index is 191. The molecule has 1 rings (SSSR count). The summed E-state index contributed by atoms with van der Waals surface area (Å²) < 4.78 is 0. The highest BCUT2D eigenvalue weighted by atomic mass is 16.2. The molecular weight excluding hydrogens is 144 g/mol. The van der Waals surface area contributed by atoms with Crippen LogP contribution in [0.15, 0.2) is 0 Å². The summed E-state index contributed by atoms with van der Waals surface area (Å²) >= 11 is 0. The van der Waals surface area contributed by atoms with E-state index in [0.717, 1.165) is 0 Å². The van der Waals surface area contributed by atoms with E-state index >= 15 is 0 Å². The third kappa shape index (κ3) is 1.57. The molecule has 0 saturated carbocycles. The third-order valence-corrected chi connectivity index (χ3v) is 2.06. The van der Waals surface area contributed by atoms with Gasteiger partial charge in [-0.3, -0.25) is 14.9 Å². The summed E-state index contributed by atoms with van der Waals surface area (Å²) in [4.78, 5) is 21.7. The summed E-state index contributed by atoms with van der Waals surface area (Å²) in [6.07, 6.45) is 0.320. The zero-order valence-electron chi connectivity index (χ0n) is 6.68. The van der Waals surface area contributed by atoms with Gasteiger partial charge in [0.05, 0.1) is 5.92 Å². The maximum absolute atomic E-state index is 11.0. The molecule has 1 aliphatic heterocycles. The van der Waals surface area contributed by atoms with E-state index < -0.39 is 0 Å². The minimum absolute atomic E-state index is 0.0708. The Morgan fingerprint density at radius 3 is 2.64 bits per heavy atom. The zero-order chi connectivity index (χ0) is 8.43. The van der Waals surface area contributed by atoms with Crippen LogP contribution in [0.2, 0.25) is 0 Å². The van der Waals surface area contributed by atoms with Gasteiger partial charge in [-0.2, -0.15) is 0 Å². The van der Waals surface area contributed by atoms with Gasteiger partial charge in [-0.15, -0.1) is 0 Å². The fourth-order valence-corrected chi connectivity index (χ4v) is 1.18. The Labute approximate surface area is 65.3 Å². The highest BCUT2D eigenvalue weighted by molar-refractivity contribution is 6.03. The predicted octanol–water partition coefficient (Wildman–Crippen LogP) is -0.743. The maximum Gasteiger partial charge on any atom is 0.231 e. The molecular formula is C7H12N2O2. The van der Waals surface area contributed by atoms with Crippen molar-refractivity contribution in [3.05, 3.63) is 0 Å². The van der Waals surface area contributed by atoms with Crippen LogP contribution in [-0.2, 0) is 9.59 Å². The van der Waals surface area contributed by atoms with Crippen molar-refractivity contribution in [2.45, 2.75) is 19.4 Å². The van der Waals surface area contributed by atoms with Crippen LogP contribution in [0.1, 0.15) is 13.3 Å². The topological polar surface area (TPSA) is 58.2 Å². The van der Waals surface area contributed by atoms with E-state index in [4.69, 9.17) is 0 Å². The van der Waals surface area contributed by atoms with Gasteiger partial charge in [-0.1, -0.05) is 0 Å². The normalized spacial score (nSPS) is 26.9. The van der Waals surface area contributed by atoms with Gasteiger partial charge in [0.15, 0.2) is 0 Å². The summed E-state index contributed by atoms with van der Waals surface area (Å²) in [5, 5.41) is 5.21. The monoisotopic (exact) mass is 156 g/mol. The summed E-state index contributed by atoms with van der Waals surface area (Å²) in [5.41, 5.74) is 0. The second kappa shape index (κ2) is 3.00. The third-order valence-electron chi connectivity index (χ3n) is 2.06. The van der Waals surface area contributed by atoms with Crippen molar-refractivity contribution in [1.29, 1.82) is 0 Å². The van der Waals surface area contributed by atoms with Crippen LogP contribution in [0.25, 0.3) is 0 Å². The molecule has 2 N–H and O–H groups in total. The number of carbonyl (C=O) groups excluding carboxylic acids is 2. The molecule has 0 bridgehead atoms. The molecule has 4 nitrogen and oxygen atoms in total. The predicted molar refractivity (Wildman–Crippen MR) is 39.8 cm³/mol. The number of nitrogens with one attached hydrogen (secondary N) is 2. The lowest BCUT2D eigenvalue weighted by Crippen LogP contribution is -2.35. The van der Waals surface area contributed by atoms with Crippen LogP contribution in [0.5, 0.6) is 0 Å². The van der Waals surface area contributed by atoms with Crippen molar-refractivity contribution in [3.63, 3.8) is 0 Å². The molecule has 1 fully saturated rings. The molecule has 2 unspecified atom stereocenters. The number of imide groups is 1. The number of rotatable bonds is 2. The zero-order valence-corrected chi connectivity index (χ0v) is 6.68. The SMILES string of the molecule is CNC(C)C1CC(=O)NC1=O. The van der Waals surface area contributed by atoms with Crippen molar-refractivity contribution < 1.29 is 9.59 Å². The second-order valence-electron chi connectivity index (χ2n) is 2.80. The van der Waals surface area contributed by atoms with Gasteiger partial charge in [-0.25, -0.2) is 0 Å². The smallest absolute Gasteiger partial charge is 0.231 e. The lowest BCUT2D eigenvalue weighted by Gasteiger charge is -2.13. The molecule has 0 aromatic rings. The Morgan fingerprint density at radius 1 is 1.64 bits per heavy atom. The molecule has 0 aromatic heterocycles. The van der Waals surface area contributed by atoms with Gasteiger partial charge in [0.25, 0.3) is 0 Å². The van der Waals surface area contributed by atoms with Gasteiger partial charge in [0, 0.05) is 12.5 Å². The largest absolute Gasteiger partial charge is 0.316 e. The van der Waals surface area contributed by atoms with Crippen molar-refractivity contribution >= 4 is 11.8 Å². The quantitative estimate of drug-likeness (QED) is 0.517. The minimum Gasteiger partial charge on any atom is -0.316 e. The van der Waals surface area contributed by atoms with E-state index in [1.54, 1.807) is 7.05 Å². The molecule has 1 saturated heterocycles. The highest BCUT2D eigenvalue weighted by Gasteiger charge is 2.33. The van der Waals surface area contributed by atoms with Crippen molar-refractivity contribution in [3.8, 4) is 0 Å². The van der Waals surface area contributed by atoms with Gasteiger partial charge < -0.3 is 5.32 Å². The maximum atomic E-state index is 11.0. The summed E-state index contributed by atoms with van der Waals surface area (Å²) in [7, 11) is 1.78. The average Bonchev–Trinajstić information content (AvgIpc) is 2.28. The molecule has 1 heterocycles. The Morgan fingerprint density at radius 2 is 2.27 bits per heavy atom. The molecule has 0 aromatic carbocycles. The molecule has 4 heteroatoms. The van der Waals surface area contributed by atoms with Gasteiger partial charge >= 0.3 is 0 Å². The van der Waals surface area contributed by atoms with E-state index in [9.17, 15) is 9.59 Å². The fraction of sp³-hybridized carbons (Fsp3) is 0.714. The first-order valence-electron chi connectivity index (χ1n) is 3.66. The van der Waals surface area contributed by atoms with E-state index in [2.05, 4.69) is 10.6 Å². The van der Waals surface area contributed by atoms with Crippen molar-refractivity contribution in [2.24, 2.45) is 5.92 Å². The van der Waals surface area contributed by atoms with Crippen LogP contribution in [0, 0.1) is 5.92 Å². The Balaban J connectivity index is 2.59. The Kier molecular flexibility index (Phi) is 2.24. The van der Waals surface area contributed by atoms with Crippen LogP contribution in [-0.4, -0.2) is 24.9 Å². The fourth-order valence-electron chi connectivity index (χ4n) is 1.18. The highest BCUT2D eigenvalue weighted by Crippen LogP contribution is 2.14. The van der Waals surface area contributed by atoms with Gasteiger partial charge in [0.1, 0.15) is 0 Å². The number of amides is 2. The lowest BCUT2D eigenvalue weighted by atomic mass is 10.0. The first kappa shape index (κ1) is 8.20. The summed E-state index contributed by atoms with van der Waals surface area (Å²) in [6.45, 7) is 1.89. The molecule has 1 aliphatic rings. The molecule has 62 valence electrons. The van der Waals surface area contributed by atoms with Crippen molar-refractivity contribution in [1.82, 2.24) is 10.6 Å². The van der Waals surface area contributed by atoms with E-state index in [1.807, 2.05) is 6.92 Å². The van der Waals surface area contributed by atoms with Gasteiger partial charge in [0.2, 0.25) is 11.8 Å². The molecule has 0 aliphatic carbocycles. The van der Waals surface area contributed by atoms with E-state index in [1.165, 1.54) is 0 Å². The second-order valence-corrected chi connectivity index (χ2v) is 2.80. The molecule has 0 spiro atoms. The van der Waals surface area contributed by atoms with Crippen molar-refractivity contribution in [2.75, 3.05) is 7.05 Å². The molecule has 2 atom stereocenters. The van der Waals surface area contributed by atoms with Crippen LogP contribution in [0.3, 0.4) is 0 Å². The minimum atomic E-state index is -0.188. The number of carbonyl (C=O) groups is 2. The van der Waals surface area contributed by atoms with Crippen LogP contribution < -0.4 is 10.6 Å². The molecule has 2 amide bonds. The van der Waals surface area contributed by atoms with Crippen LogP contribution >= 0.6 is 0 Å². The first-order valence-corrected chi connectivity index (χ1v) is 3.66. The summed E-state index contributed by atoms with van der Waals surface area (Å²) in [5.74, 6) is -0.508. The lowest BCUT2D eigenvalue weighted by molar-refractivity contribution is -0.126. The van der Waals surface area contributed by atoms with Gasteiger partial charge in [-0.05, 0) is 14.0 Å². The van der Waals surface area contributed by atoms with E-state index in [-0.39, 0.29) is 23.8 Å². The number of hydrogen-bond donors (Lipinski definition) is 2. The van der Waals surface area contributed by atoms with Crippen LogP contribution in [0.4, 0.5) is 0 Å². The van der Waals surface area contributed by atoms with E-state index in [0.29, 0.717) is 6.42 Å². The first-order chi connectivity index (χ1) is 5.15. The summed E-state index contributed by atoms with van der Waals surface area (Å²) in [6, 6.07) is 0.0708. The molecule has 0 radical (unpaired) electrons. The average molecular weight is 156 g/mol. The molecule has 11 heavy (non-hydrogen) atoms.